The fourth-order valence-electron chi connectivity index (χ4n) is 3.55. The fraction of sp³-hybridized carbons (Fsp3) is 0.115. The topological polar surface area (TPSA) is 119 Å². The first kappa shape index (κ1) is 25.2. The van der Waals surface area contributed by atoms with Gasteiger partial charge in [0.25, 0.3) is 11.5 Å². The zero-order valence-electron chi connectivity index (χ0n) is 19.6. The minimum atomic E-state index is -0.908. The van der Waals surface area contributed by atoms with Crippen molar-refractivity contribution < 1.29 is 18.3 Å². The van der Waals surface area contributed by atoms with Gasteiger partial charge in [-0.15, -0.1) is 0 Å². The highest BCUT2D eigenvalue weighted by Gasteiger charge is 2.19. The van der Waals surface area contributed by atoms with Crippen LogP contribution < -0.4 is 21.3 Å². The lowest BCUT2D eigenvalue weighted by molar-refractivity contribution is 0.102. The quantitative estimate of drug-likeness (QED) is 0.352. The molecule has 11 heteroatoms. The highest BCUT2D eigenvalue weighted by molar-refractivity contribution is 6.03. The van der Waals surface area contributed by atoms with Crippen molar-refractivity contribution >= 4 is 17.8 Å². The summed E-state index contributed by atoms with van der Waals surface area (Å²) in [5, 5.41) is 9.71. The first-order chi connectivity index (χ1) is 17.8. The number of hydrogen-bond donors (Lipinski definition) is 2. The van der Waals surface area contributed by atoms with E-state index in [2.05, 4.69) is 10.3 Å². The van der Waals surface area contributed by atoms with Gasteiger partial charge in [0.1, 0.15) is 17.1 Å². The molecule has 2 aromatic carbocycles. The molecule has 0 radical (unpaired) electrons. The molecule has 0 saturated carbocycles. The summed E-state index contributed by atoms with van der Waals surface area (Å²) in [6.07, 6.45) is 4.02. The standard InChI is InChI=1S/C26H21F2N5O4/c1-2-32-15-19(25(35)33(26(32)36)18-8-5-16(27)6-9-18)24(34)31-17-7-10-22(20(28)14-17)37-23-4-3-13-30-21(23)11-12-29/h3-10,12-15,29H,2,11H2,1H3,(H,31,34). The van der Waals surface area contributed by atoms with Crippen molar-refractivity contribution in [1.29, 1.82) is 5.41 Å². The third-order valence-corrected chi connectivity index (χ3v) is 5.38. The minimum Gasteiger partial charge on any atom is -0.452 e. The molecule has 0 atom stereocenters. The molecule has 4 aromatic rings. The molecule has 188 valence electrons. The largest absolute Gasteiger partial charge is 0.452 e. The average molecular weight is 505 g/mol. The van der Waals surface area contributed by atoms with Crippen molar-refractivity contribution in [2.45, 2.75) is 19.9 Å². The predicted molar refractivity (Wildman–Crippen MR) is 133 cm³/mol. The van der Waals surface area contributed by atoms with Crippen LogP contribution >= 0.6 is 0 Å². The van der Waals surface area contributed by atoms with Gasteiger partial charge >= 0.3 is 5.69 Å². The second-order valence-electron chi connectivity index (χ2n) is 7.79. The number of amides is 1. The van der Waals surface area contributed by atoms with E-state index in [0.29, 0.717) is 5.69 Å². The molecule has 4 rings (SSSR count). The Bertz CT molecular complexity index is 1600. The summed E-state index contributed by atoms with van der Waals surface area (Å²) >= 11 is 0. The number of pyridine rings is 1. The monoisotopic (exact) mass is 505 g/mol. The Morgan fingerprint density at radius 3 is 2.54 bits per heavy atom. The van der Waals surface area contributed by atoms with Gasteiger partial charge in [-0.3, -0.25) is 19.1 Å². The number of ether oxygens (including phenoxy) is 1. The number of rotatable bonds is 8. The lowest BCUT2D eigenvalue weighted by Gasteiger charge is -2.13. The Hall–Kier alpha value is -4.93. The third-order valence-electron chi connectivity index (χ3n) is 5.38. The van der Waals surface area contributed by atoms with E-state index >= 15 is 0 Å². The number of anilines is 1. The number of halogens is 2. The molecular formula is C26H21F2N5O4. The molecule has 0 aliphatic heterocycles. The highest BCUT2D eigenvalue weighted by atomic mass is 19.1. The van der Waals surface area contributed by atoms with Crippen LogP contribution in [0.15, 0.2) is 76.6 Å². The van der Waals surface area contributed by atoms with Crippen LogP contribution in [0.1, 0.15) is 23.0 Å². The first-order valence-corrected chi connectivity index (χ1v) is 11.2. The molecule has 2 N–H and O–H groups in total. The van der Waals surface area contributed by atoms with Crippen LogP contribution in [0.4, 0.5) is 14.5 Å². The Morgan fingerprint density at radius 1 is 1.11 bits per heavy atom. The van der Waals surface area contributed by atoms with Crippen LogP contribution in [0.25, 0.3) is 5.69 Å². The number of benzene rings is 2. The lowest BCUT2D eigenvalue weighted by atomic mass is 10.2. The van der Waals surface area contributed by atoms with Gasteiger partial charge in [0.05, 0.1) is 11.4 Å². The van der Waals surface area contributed by atoms with Crippen LogP contribution in [0.2, 0.25) is 0 Å². The molecule has 0 unspecified atom stereocenters. The third kappa shape index (κ3) is 5.35. The number of aromatic nitrogens is 3. The number of nitrogens with zero attached hydrogens (tertiary/aromatic N) is 3. The lowest BCUT2D eigenvalue weighted by Crippen LogP contribution is -2.42. The molecule has 0 aliphatic carbocycles. The summed E-state index contributed by atoms with van der Waals surface area (Å²) in [6.45, 7) is 1.82. The van der Waals surface area contributed by atoms with Gasteiger partial charge in [-0.05, 0) is 55.5 Å². The van der Waals surface area contributed by atoms with Crippen LogP contribution in [-0.2, 0) is 13.0 Å². The zero-order chi connectivity index (χ0) is 26.5. The van der Waals surface area contributed by atoms with E-state index in [4.69, 9.17) is 10.1 Å². The van der Waals surface area contributed by atoms with E-state index in [1.165, 1.54) is 30.5 Å². The maximum atomic E-state index is 14.8. The summed E-state index contributed by atoms with van der Waals surface area (Å²) in [7, 11) is 0. The minimum absolute atomic E-state index is 0.0442. The van der Waals surface area contributed by atoms with Gasteiger partial charge in [0.2, 0.25) is 0 Å². The molecule has 0 spiro atoms. The van der Waals surface area contributed by atoms with Crippen molar-refractivity contribution in [1.82, 2.24) is 14.1 Å². The first-order valence-electron chi connectivity index (χ1n) is 11.2. The number of carbonyl (C=O) groups excluding carboxylic acids is 1. The molecule has 0 aliphatic rings. The van der Waals surface area contributed by atoms with Crippen LogP contribution in [0, 0.1) is 17.0 Å². The molecule has 0 fully saturated rings. The van der Waals surface area contributed by atoms with Gasteiger partial charge in [0, 0.05) is 43.3 Å². The predicted octanol–water partition coefficient (Wildman–Crippen LogP) is 3.93. The summed E-state index contributed by atoms with van der Waals surface area (Å²) in [5.74, 6) is -2.05. The van der Waals surface area contributed by atoms with E-state index < -0.39 is 28.8 Å². The van der Waals surface area contributed by atoms with Gasteiger partial charge in [-0.1, -0.05) is 0 Å². The Balaban J connectivity index is 1.63. The van der Waals surface area contributed by atoms with Crippen LogP contribution in [0.5, 0.6) is 11.5 Å². The van der Waals surface area contributed by atoms with Gasteiger partial charge in [-0.2, -0.15) is 0 Å². The molecule has 9 nitrogen and oxygen atoms in total. The van der Waals surface area contributed by atoms with E-state index in [-0.39, 0.29) is 41.4 Å². The number of aryl methyl sites for hydroxylation is 1. The van der Waals surface area contributed by atoms with Crippen molar-refractivity contribution in [2.24, 2.45) is 0 Å². The SMILES string of the molecule is CCn1cc(C(=O)Nc2ccc(Oc3cccnc3CC=N)c(F)c2)c(=O)n(-c2ccc(F)cc2)c1=O. The van der Waals surface area contributed by atoms with E-state index in [1.807, 2.05) is 0 Å². The number of hydrogen-bond acceptors (Lipinski definition) is 6. The maximum Gasteiger partial charge on any atom is 0.335 e. The average Bonchev–Trinajstić information content (AvgIpc) is 2.88. The normalized spacial score (nSPS) is 10.7. The molecule has 1 amide bonds. The zero-order valence-corrected chi connectivity index (χ0v) is 19.6. The van der Waals surface area contributed by atoms with Crippen molar-refractivity contribution in [3.8, 4) is 17.2 Å². The summed E-state index contributed by atoms with van der Waals surface area (Å²) in [6, 6.07) is 11.6. The fourth-order valence-corrected chi connectivity index (χ4v) is 3.55. The Morgan fingerprint density at radius 2 is 1.86 bits per heavy atom. The van der Waals surface area contributed by atoms with Gasteiger partial charge < -0.3 is 15.5 Å². The van der Waals surface area contributed by atoms with Crippen LogP contribution in [-0.4, -0.2) is 26.2 Å². The molecule has 37 heavy (non-hydrogen) atoms. The molecule has 2 aromatic heterocycles. The highest BCUT2D eigenvalue weighted by Crippen LogP contribution is 2.28. The van der Waals surface area contributed by atoms with Crippen molar-refractivity contribution in [3.63, 3.8) is 0 Å². The molecule has 0 bridgehead atoms. The van der Waals surface area contributed by atoms with Crippen molar-refractivity contribution in [2.75, 3.05) is 5.32 Å². The smallest absolute Gasteiger partial charge is 0.335 e. The second kappa shape index (κ2) is 10.8. The van der Waals surface area contributed by atoms with Gasteiger partial charge in [-0.25, -0.2) is 18.1 Å². The molecule has 2 heterocycles. The Kier molecular flexibility index (Phi) is 7.33. The molecule has 0 saturated heterocycles. The molecular weight excluding hydrogens is 484 g/mol. The van der Waals surface area contributed by atoms with Crippen molar-refractivity contribution in [3.05, 3.63) is 111 Å². The summed E-state index contributed by atoms with van der Waals surface area (Å²) in [4.78, 5) is 42.9. The van der Waals surface area contributed by atoms with E-state index in [9.17, 15) is 23.2 Å². The number of carbonyl (C=O) groups is 1. The summed E-state index contributed by atoms with van der Waals surface area (Å²) in [5.41, 5.74) is -1.37. The maximum absolute atomic E-state index is 14.8. The van der Waals surface area contributed by atoms with E-state index in [0.717, 1.165) is 39.7 Å². The summed E-state index contributed by atoms with van der Waals surface area (Å²) < 4.78 is 35.7. The van der Waals surface area contributed by atoms with E-state index in [1.54, 1.807) is 19.1 Å². The van der Waals surface area contributed by atoms with Gasteiger partial charge in [0.15, 0.2) is 11.6 Å². The number of nitrogens with one attached hydrogen (secondary N) is 2. The second-order valence-corrected chi connectivity index (χ2v) is 7.79. The Labute approximate surface area is 209 Å². The van der Waals surface area contributed by atoms with Crippen LogP contribution in [0.3, 0.4) is 0 Å².